The third-order valence-corrected chi connectivity index (χ3v) is 6.14. The van der Waals surface area contributed by atoms with Gasteiger partial charge in [0, 0.05) is 33.7 Å². The largest absolute Gasteiger partial charge is 0.353 e. The van der Waals surface area contributed by atoms with Crippen molar-refractivity contribution in [3.8, 4) is 0 Å². The molecule has 22 heavy (non-hydrogen) atoms. The number of nitrogens with one attached hydrogen (secondary N) is 1. The lowest BCUT2D eigenvalue weighted by molar-refractivity contribution is -0.127. The van der Waals surface area contributed by atoms with E-state index in [1.54, 1.807) is 34.0 Å². The van der Waals surface area contributed by atoms with E-state index < -0.39 is 14.6 Å². The lowest BCUT2D eigenvalue weighted by atomic mass is 10.2. The fraction of sp³-hybridized carbons (Fsp3) is 0.714. The maximum absolute atomic E-state index is 12.1. The normalized spacial score (nSPS) is 20.4. The summed E-state index contributed by atoms with van der Waals surface area (Å²) in [6.45, 7) is 8.30. The molecule has 0 aromatic carbocycles. The summed E-state index contributed by atoms with van der Waals surface area (Å²) < 4.78 is 23.3. The van der Waals surface area contributed by atoms with Crippen molar-refractivity contribution in [2.24, 2.45) is 4.99 Å². The van der Waals surface area contributed by atoms with Crippen molar-refractivity contribution in [3.63, 3.8) is 0 Å². The van der Waals surface area contributed by atoms with E-state index in [9.17, 15) is 13.2 Å². The van der Waals surface area contributed by atoms with Gasteiger partial charge in [-0.05, 0) is 13.8 Å². The van der Waals surface area contributed by atoms with Crippen molar-refractivity contribution in [3.05, 3.63) is 12.7 Å². The van der Waals surface area contributed by atoms with Crippen LogP contribution in [0.5, 0.6) is 0 Å². The third-order valence-electron chi connectivity index (χ3n) is 3.61. The van der Waals surface area contributed by atoms with Crippen LogP contribution in [0.1, 0.15) is 13.8 Å². The first-order chi connectivity index (χ1) is 10.1. The Kier molecular flexibility index (Phi) is 5.99. The van der Waals surface area contributed by atoms with Gasteiger partial charge in [-0.15, -0.1) is 6.58 Å². The van der Waals surface area contributed by atoms with Gasteiger partial charge in [0.05, 0.1) is 10.5 Å². The van der Waals surface area contributed by atoms with Crippen LogP contribution >= 0.6 is 0 Å². The van der Waals surface area contributed by atoms with E-state index in [4.69, 9.17) is 0 Å². The van der Waals surface area contributed by atoms with Gasteiger partial charge in [-0.25, -0.2) is 13.4 Å². The van der Waals surface area contributed by atoms with Gasteiger partial charge >= 0.3 is 0 Å². The number of nitrogens with zero attached hydrogens (tertiary/aromatic N) is 3. The summed E-state index contributed by atoms with van der Waals surface area (Å²) in [7, 11) is 0.231. The minimum Gasteiger partial charge on any atom is -0.353 e. The molecule has 7 nitrogen and oxygen atoms in total. The number of hydrogen-bond donors (Lipinski definition) is 1. The molecule has 0 radical (unpaired) electrons. The third kappa shape index (κ3) is 4.46. The minimum atomic E-state index is -3.11. The molecule has 0 aromatic heterocycles. The number of aliphatic imine (C=N–C) groups is 1. The molecule has 1 N–H and O–H groups in total. The molecule has 0 spiro atoms. The Morgan fingerprint density at radius 2 is 2.09 bits per heavy atom. The minimum absolute atomic E-state index is 0.0240. The van der Waals surface area contributed by atoms with Crippen molar-refractivity contribution >= 4 is 21.7 Å². The van der Waals surface area contributed by atoms with Crippen LogP contribution in [-0.2, 0) is 14.6 Å². The molecular formula is C14H26N4O3S. The summed E-state index contributed by atoms with van der Waals surface area (Å²) in [5.74, 6) is 0.510. The van der Waals surface area contributed by atoms with E-state index in [-0.39, 0.29) is 18.2 Å². The first-order valence-electron chi connectivity index (χ1n) is 7.17. The number of amides is 1. The van der Waals surface area contributed by atoms with E-state index in [0.717, 1.165) is 0 Å². The second kappa shape index (κ2) is 7.13. The summed E-state index contributed by atoms with van der Waals surface area (Å²) in [5, 5.41) is 3.09. The smallest absolute Gasteiger partial charge is 0.243 e. The second-order valence-corrected chi connectivity index (χ2v) is 8.84. The highest BCUT2D eigenvalue weighted by atomic mass is 32.2. The first kappa shape index (κ1) is 18.5. The predicted molar refractivity (Wildman–Crippen MR) is 88.6 cm³/mol. The average Bonchev–Trinajstić information content (AvgIpc) is 2.42. The maximum Gasteiger partial charge on any atom is 0.243 e. The van der Waals surface area contributed by atoms with Crippen molar-refractivity contribution in [2.75, 3.05) is 46.0 Å². The Morgan fingerprint density at radius 1 is 1.45 bits per heavy atom. The van der Waals surface area contributed by atoms with Crippen LogP contribution in [0.4, 0.5) is 0 Å². The lowest BCUT2D eigenvalue weighted by Gasteiger charge is -2.39. The fourth-order valence-electron chi connectivity index (χ4n) is 2.04. The van der Waals surface area contributed by atoms with E-state index in [1.165, 1.54) is 4.90 Å². The second-order valence-electron chi connectivity index (χ2n) is 6.10. The van der Waals surface area contributed by atoms with Crippen LogP contribution in [0.25, 0.3) is 0 Å². The Hall–Kier alpha value is -1.57. The molecule has 1 fully saturated rings. The Bertz CT molecular complexity index is 552. The zero-order valence-corrected chi connectivity index (χ0v) is 14.6. The van der Waals surface area contributed by atoms with E-state index >= 15 is 0 Å². The molecule has 0 aliphatic carbocycles. The molecule has 1 heterocycles. The Labute approximate surface area is 133 Å². The van der Waals surface area contributed by atoms with Crippen molar-refractivity contribution in [1.29, 1.82) is 0 Å². The number of sulfone groups is 1. The molecule has 1 amide bonds. The van der Waals surface area contributed by atoms with Crippen molar-refractivity contribution in [1.82, 2.24) is 15.1 Å². The van der Waals surface area contributed by atoms with Gasteiger partial charge in [0.15, 0.2) is 15.8 Å². The molecule has 0 bridgehead atoms. The van der Waals surface area contributed by atoms with Gasteiger partial charge in [-0.3, -0.25) is 4.79 Å². The van der Waals surface area contributed by atoms with E-state index in [0.29, 0.717) is 25.6 Å². The van der Waals surface area contributed by atoms with Crippen LogP contribution in [0.15, 0.2) is 17.6 Å². The molecular weight excluding hydrogens is 304 g/mol. The van der Waals surface area contributed by atoms with Gasteiger partial charge in [-0.1, -0.05) is 6.08 Å². The summed E-state index contributed by atoms with van der Waals surface area (Å²) in [4.78, 5) is 19.4. The van der Waals surface area contributed by atoms with Crippen LogP contribution in [-0.4, -0.2) is 80.9 Å². The predicted octanol–water partition coefficient (Wildman–Crippen LogP) is -0.285. The number of carbonyl (C=O) groups is 1. The zero-order valence-electron chi connectivity index (χ0n) is 13.8. The molecule has 1 saturated heterocycles. The molecule has 0 unspecified atom stereocenters. The molecule has 8 heteroatoms. The van der Waals surface area contributed by atoms with Gasteiger partial charge in [0.1, 0.15) is 6.54 Å². The monoisotopic (exact) mass is 330 g/mol. The summed E-state index contributed by atoms with van der Waals surface area (Å²) in [6.07, 6.45) is 1.69. The number of rotatable bonds is 4. The number of carbonyl (C=O) groups excluding carboxylic acids is 1. The molecule has 0 saturated carbocycles. The Balaban J connectivity index is 2.91. The van der Waals surface area contributed by atoms with Crippen molar-refractivity contribution < 1.29 is 13.2 Å². The topological polar surface area (TPSA) is 82.1 Å². The van der Waals surface area contributed by atoms with Gasteiger partial charge in [0.25, 0.3) is 0 Å². The molecule has 0 atom stereocenters. The van der Waals surface area contributed by atoms with E-state index in [2.05, 4.69) is 16.9 Å². The fourth-order valence-corrected chi connectivity index (χ4v) is 3.41. The standard InChI is InChI=1S/C14H26N4O3S/c1-6-7-15-13(16-10-12(19)17(4)5)18-8-9-22(20,21)14(2,3)11-18/h6H,1,7-11H2,2-5H3,(H,15,16). The van der Waals surface area contributed by atoms with Crippen LogP contribution in [0.2, 0.25) is 0 Å². The number of likely N-dealkylation sites (N-methyl/N-ethyl adjacent to an activating group) is 1. The highest BCUT2D eigenvalue weighted by Crippen LogP contribution is 2.23. The molecule has 1 aliphatic rings. The summed E-state index contributed by atoms with van der Waals surface area (Å²) in [5.41, 5.74) is 0. The van der Waals surface area contributed by atoms with Crippen LogP contribution in [0, 0.1) is 0 Å². The van der Waals surface area contributed by atoms with E-state index in [1.807, 2.05) is 4.90 Å². The number of guanidine groups is 1. The quantitative estimate of drug-likeness (QED) is 0.435. The summed E-state index contributed by atoms with van der Waals surface area (Å²) >= 11 is 0. The van der Waals surface area contributed by atoms with Gasteiger partial charge in [0.2, 0.25) is 5.91 Å². The molecule has 1 rings (SSSR count). The highest BCUT2D eigenvalue weighted by molar-refractivity contribution is 7.92. The van der Waals surface area contributed by atoms with Gasteiger partial charge < -0.3 is 15.1 Å². The van der Waals surface area contributed by atoms with Crippen molar-refractivity contribution in [2.45, 2.75) is 18.6 Å². The molecule has 1 aliphatic heterocycles. The first-order valence-corrected chi connectivity index (χ1v) is 8.82. The maximum atomic E-state index is 12.1. The highest BCUT2D eigenvalue weighted by Gasteiger charge is 2.40. The number of hydrogen-bond acceptors (Lipinski definition) is 4. The van der Waals surface area contributed by atoms with Gasteiger partial charge in [-0.2, -0.15) is 0 Å². The van der Waals surface area contributed by atoms with Crippen LogP contribution in [0.3, 0.4) is 0 Å². The summed E-state index contributed by atoms with van der Waals surface area (Å²) in [6, 6.07) is 0. The van der Waals surface area contributed by atoms with Crippen LogP contribution < -0.4 is 5.32 Å². The zero-order chi connectivity index (χ0) is 17.0. The molecule has 0 aromatic rings. The molecule has 126 valence electrons. The SMILES string of the molecule is C=CCNC(=NCC(=O)N(C)C)N1CCS(=O)(=O)C(C)(C)C1. The lowest BCUT2D eigenvalue weighted by Crippen LogP contribution is -2.57. The average molecular weight is 330 g/mol. The Morgan fingerprint density at radius 3 is 2.59 bits per heavy atom.